The van der Waals surface area contributed by atoms with Crippen molar-refractivity contribution < 1.29 is 23.9 Å². The van der Waals surface area contributed by atoms with E-state index in [1.54, 1.807) is 18.4 Å². The van der Waals surface area contributed by atoms with Crippen LogP contribution in [0.1, 0.15) is 27.8 Å². The van der Waals surface area contributed by atoms with Gasteiger partial charge in [0.25, 0.3) is 11.8 Å². The first-order valence-electron chi connectivity index (χ1n) is 8.34. The molecule has 2 N–H and O–H groups in total. The number of imide groups is 1. The quantitative estimate of drug-likeness (QED) is 0.681. The van der Waals surface area contributed by atoms with E-state index in [2.05, 4.69) is 20.4 Å². The summed E-state index contributed by atoms with van der Waals surface area (Å²) in [6, 6.07) is 10.3. The van der Waals surface area contributed by atoms with Gasteiger partial charge in [-0.2, -0.15) is 0 Å². The number of carbonyl (C=O) groups is 3. The molecule has 3 aromatic rings. The molecule has 0 spiro atoms. The molecular formula is C19H17N3O5S. The largest absolute Gasteiger partial charge is 0.496 e. The Bertz CT molecular complexity index is 1050. The van der Waals surface area contributed by atoms with Gasteiger partial charge in [-0.3, -0.25) is 14.9 Å². The number of aromatic nitrogens is 1. The number of pyridine rings is 1. The van der Waals surface area contributed by atoms with E-state index in [1.165, 1.54) is 19.2 Å². The highest BCUT2D eigenvalue weighted by atomic mass is 32.1. The number of rotatable bonds is 5. The number of anilines is 1. The van der Waals surface area contributed by atoms with Crippen LogP contribution in [0.3, 0.4) is 0 Å². The zero-order chi connectivity index (χ0) is 20.1. The first-order chi connectivity index (χ1) is 13.5. The number of alkyl carbamates (subject to hydrolysis) is 1. The number of nitrogens with one attached hydrogen (secondary N) is 2. The summed E-state index contributed by atoms with van der Waals surface area (Å²) in [6.45, 7) is 1.77. The van der Waals surface area contributed by atoms with Crippen LogP contribution in [0.15, 0.2) is 41.8 Å². The van der Waals surface area contributed by atoms with Gasteiger partial charge in [-0.15, -0.1) is 11.3 Å². The van der Waals surface area contributed by atoms with E-state index in [-0.39, 0.29) is 17.9 Å². The predicted molar refractivity (Wildman–Crippen MR) is 105 cm³/mol. The first-order valence-corrected chi connectivity index (χ1v) is 9.22. The van der Waals surface area contributed by atoms with Crippen LogP contribution in [0.25, 0.3) is 10.9 Å². The van der Waals surface area contributed by atoms with Gasteiger partial charge in [0.2, 0.25) is 0 Å². The maximum Gasteiger partial charge on any atom is 0.414 e. The van der Waals surface area contributed by atoms with Crippen LogP contribution >= 0.6 is 11.3 Å². The van der Waals surface area contributed by atoms with Crippen molar-refractivity contribution in [2.45, 2.75) is 6.92 Å². The van der Waals surface area contributed by atoms with Crippen molar-refractivity contribution in [3.63, 3.8) is 0 Å². The van der Waals surface area contributed by atoms with Gasteiger partial charge in [-0.25, -0.2) is 9.78 Å². The third-order valence-corrected chi connectivity index (χ3v) is 4.59. The summed E-state index contributed by atoms with van der Waals surface area (Å²) in [5.41, 5.74) is 0.901. The van der Waals surface area contributed by atoms with E-state index in [4.69, 9.17) is 4.74 Å². The molecule has 0 atom stereocenters. The summed E-state index contributed by atoms with van der Waals surface area (Å²) >= 11 is 1.15. The number of para-hydroxylation sites is 1. The van der Waals surface area contributed by atoms with Gasteiger partial charge in [-0.05, 0) is 30.5 Å². The second kappa shape index (κ2) is 8.49. The number of benzene rings is 1. The van der Waals surface area contributed by atoms with Crippen molar-refractivity contribution in [3.8, 4) is 5.75 Å². The number of ether oxygens (including phenoxy) is 2. The van der Waals surface area contributed by atoms with Crippen LogP contribution in [-0.4, -0.2) is 36.6 Å². The average Bonchev–Trinajstić information content (AvgIpc) is 3.15. The van der Waals surface area contributed by atoms with E-state index >= 15 is 0 Å². The van der Waals surface area contributed by atoms with E-state index in [9.17, 15) is 14.4 Å². The second-order valence-corrected chi connectivity index (χ2v) is 6.44. The van der Waals surface area contributed by atoms with Gasteiger partial charge in [0.05, 0.1) is 24.8 Å². The minimum Gasteiger partial charge on any atom is -0.496 e. The van der Waals surface area contributed by atoms with Gasteiger partial charge in [-0.1, -0.05) is 12.1 Å². The van der Waals surface area contributed by atoms with E-state index in [1.807, 2.05) is 18.2 Å². The molecule has 0 radical (unpaired) electrons. The molecule has 0 saturated heterocycles. The van der Waals surface area contributed by atoms with Crippen molar-refractivity contribution in [1.29, 1.82) is 0 Å². The third-order valence-electron chi connectivity index (χ3n) is 3.76. The van der Waals surface area contributed by atoms with Crippen molar-refractivity contribution >= 4 is 45.1 Å². The number of methoxy groups -OCH3 is 1. The summed E-state index contributed by atoms with van der Waals surface area (Å²) in [6.07, 6.45) is -0.850. The van der Waals surface area contributed by atoms with Crippen molar-refractivity contribution in [2.24, 2.45) is 0 Å². The fraction of sp³-hybridized carbons (Fsp3) is 0.158. The maximum atomic E-state index is 12.7. The lowest BCUT2D eigenvalue weighted by atomic mass is 10.1. The van der Waals surface area contributed by atoms with Crippen LogP contribution in [-0.2, 0) is 4.74 Å². The Hall–Kier alpha value is -3.46. The molecule has 0 bridgehead atoms. The molecule has 8 nitrogen and oxygen atoms in total. The molecule has 0 aliphatic heterocycles. The lowest BCUT2D eigenvalue weighted by molar-refractivity contribution is 0.0926. The maximum absolute atomic E-state index is 12.7. The predicted octanol–water partition coefficient (Wildman–Crippen LogP) is 3.44. The van der Waals surface area contributed by atoms with Crippen molar-refractivity contribution in [1.82, 2.24) is 10.3 Å². The van der Waals surface area contributed by atoms with Crippen LogP contribution in [0, 0.1) is 0 Å². The Morgan fingerprint density at radius 2 is 1.93 bits per heavy atom. The molecule has 0 saturated carbocycles. The fourth-order valence-corrected chi connectivity index (χ4v) is 3.29. The molecule has 144 valence electrons. The lowest BCUT2D eigenvalue weighted by Crippen LogP contribution is -2.31. The Morgan fingerprint density at radius 3 is 2.68 bits per heavy atom. The summed E-state index contributed by atoms with van der Waals surface area (Å²) < 4.78 is 10.0. The summed E-state index contributed by atoms with van der Waals surface area (Å²) in [5.74, 6) is -0.655. The smallest absolute Gasteiger partial charge is 0.414 e. The number of hydrogen-bond donors (Lipinski definition) is 2. The standard InChI is InChI=1S/C19H17N3O5S/c1-3-27-19(25)22-16(23)12-8-9-28-18(12)21-17(24)14-10-15(26-2)11-6-4-5-7-13(11)20-14/h4-10H,3H2,1-2H3,(H,21,24)(H,22,23,25). The molecule has 3 amide bonds. The average molecular weight is 399 g/mol. The molecule has 0 aliphatic carbocycles. The van der Waals surface area contributed by atoms with Gasteiger partial charge >= 0.3 is 6.09 Å². The first kappa shape index (κ1) is 19.3. The number of carbonyl (C=O) groups excluding carboxylic acids is 3. The Kier molecular flexibility index (Phi) is 5.85. The minimum atomic E-state index is -0.850. The molecule has 9 heteroatoms. The van der Waals surface area contributed by atoms with Crippen LogP contribution in [0.4, 0.5) is 9.80 Å². The summed E-state index contributed by atoms with van der Waals surface area (Å²) in [7, 11) is 1.51. The van der Waals surface area contributed by atoms with Gasteiger partial charge in [0.1, 0.15) is 16.4 Å². The SMILES string of the molecule is CCOC(=O)NC(=O)c1ccsc1NC(=O)c1cc(OC)c2ccccc2n1. The Labute approximate surface area is 164 Å². The van der Waals surface area contributed by atoms with Crippen molar-refractivity contribution in [2.75, 3.05) is 19.0 Å². The molecular weight excluding hydrogens is 382 g/mol. The fourth-order valence-electron chi connectivity index (χ4n) is 2.51. The number of amides is 3. The van der Waals surface area contributed by atoms with Crippen LogP contribution in [0.2, 0.25) is 0 Å². The molecule has 2 aromatic heterocycles. The van der Waals surface area contributed by atoms with E-state index in [0.29, 0.717) is 16.3 Å². The molecule has 3 rings (SSSR count). The van der Waals surface area contributed by atoms with Gasteiger partial charge < -0.3 is 14.8 Å². The van der Waals surface area contributed by atoms with Gasteiger partial charge in [0.15, 0.2) is 0 Å². The van der Waals surface area contributed by atoms with E-state index in [0.717, 1.165) is 16.7 Å². The molecule has 28 heavy (non-hydrogen) atoms. The molecule has 0 unspecified atom stereocenters. The Morgan fingerprint density at radius 1 is 1.14 bits per heavy atom. The highest BCUT2D eigenvalue weighted by Crippen LogP contribution is 2.27. The minimum absolute atomic E-state index is 0.140. The number of thiophene rings is 1. The topological polar surface area (TPSA) is 107 Å². The lowest BCUT2D eigenvalue weighted by Gasteiger charge is -2.09. The van der Waals surface area contributed by atoms with Crippen LogP contribution in [0.5, 0.6) is 5.75 Å². The molecule has 0 fully saturated rings. The monoisotopic (exact) mass is 399 g/mol. The molecule has 1 aromatic carbocycles. The third kappa shape index (κ3) is 4.09. The zero-order valence-electron chi connectivity index (χ0n) is 15.1. The van der Waals surface area contributed by atoms with E-state index < -0.39 is 17.9 Å². The number of nitrogens with zero attached hydrogens (tertiary/aromatic N) is 1. The normalized spacial score (nSPS) is 10.4. The Balaban J connectivity index is 1.83. The molecule has 2 heterocycles. The highest BCUT2D eigenvalue weighted by molar-refractivity contribution is 7.14. The summed E-state index contributed by atoms with van der Waals surface area (Å²) in [4.78, 5) is 40.7. The van der Waals surface area contributed by atoms with Gasteiger partial charge in [0, 0.05) is 11.5 Å². The zero-order valence-corrected chi connectivity index (χ0v) is 16.0. The number of hydrogen-bond acceptors (Lipinski definition) is 7. The molecule has 0 aliphatic rings. The summed E-state index contributed by atoms with van der Waals surface area (Å²) in [5, 5.41) is 7.46. The number of fused-ring (bicyclic) bond motifs is 1. The highest BCUT2D eigenvalue weighted by Gasteiger charge is 2.19. The van der Waals surface area contributed by atoms with Crippen LogP contribution < -0.4 is 15.4 Å². The second-order valence-electron chi connectivity index (χ2n) is 5.52. The van der Waals surface area contributed by atoms with Crippen molar-refractivity contribution in [3.05, 3.63) is 53.0 Å².